The van der Waals surface area contributed by atoms with Gasteiger partial charge in [-0.1, -0.05) is 12.8 Å². The Labute approximate surface area is 129 Å². The summed E-state index contributed by atoms with van der Waals surface area (Å²) in [5.74, 6) is 0.0588. The molecule has 112 valence electrons. The van der Waals surface area contributed by atoms with Crippen molar-refractivity contribution >= 4 is 22.4 Å². The number of rotatable bonds is 2. The molecule has 1 aliphatic heterocycles. The van der Waals surface area contributed by atoms with Crippen molar-refractivity contribution in [3.05, 3.63) is 11.6 Å². The highest BCUT2D eigenvalue weighted by molar-refractivity contribution is 7.13. The molecule has 3 rings (SSSR count). The van der Waals surface area contributed by atoms with Crippen LogP contribution in [0.4, 0.5) is 5.13 Å². The lowest BCUT2D eigenvalue weighted by molar-refractivity contribution is -0.138. The van der Waals surface area contributed by atoms with E-state index in [4.69, 9.17) is 0 Å². The Morgan fingerprint density at radius 3 is 2.71 bits per heavy atom. The summed E-state index contributed by atoms with van der Waals surface area (Å²) >= 11 is 1.64. The van der Waals surface area contributed by atoms with Crippen molar-refractivity contribution in [1.82, 2.24) is 9.88 Å². The molecule has 1 aromatic rings. The third kappa shape index (κ3) is 2.75. The van der Waals surface area contributed by atoms with Gasteiger partial charge in [0.1, 0.15) is 5.41 Å². The molecule has 0 unspecified atom stereocenters. The zero-order valence-electron chi connectivity index (χ0n) is 12.1. The van der Waals surface area contributed by atoms with E-state index in [1.54, 1.807) is 11.3 Å². The summed E-state index contributed by atoms with van der Waals surface area (Å²) < 4.78 is 0. The summed E-state index contributed by atoms with van der Waals surface area (Å²) in [6.07, 6.45) is 6.21. The Morgan fingerprint density at radius 2 is 2.05 bits per heavy atom. The van der Waals surface area contributed by atoms with E-state index in [9.17, 15) is 10.1 Å². The average Bonchev–Trinajstić information content (AvgIpc) is 3.15. The van der Waals surface area contributed by atoms with Crippen molar-refractivity contribution < 1.29 is 4.79 Å². The van der Waals surface area contributed by atoms with Crippen LogP contribution in [-0.2, 0) is 4.79 Å². The van der Waals surface area contributed by atoms with Crippen molar-refractivity contribution in [3.63, 3.8) is 0 Å². The lowest BCUT2D eigenvalue weighted by atomic mass is 9.86. The van der Waals surface area contributed by atoms with Crippen molar-refractivity contribution in [3.8, 4) is 6.07 Å². The number of nitriles is 1. The van der Waals surface area contributed by atoms with E-state index < -0.39 is 5.41 Å². The molecule has 0 atom stereocenters. The molecule has 1 saturated carbocycles. The molecule has 0 bridgehead atoms. The smallest absolute Gasteiger partial charge is 0.243 e. The van der Waals surface area contributed by atoms with Gasteiger partial charge in [-0.3, -0.25) is 4.79 Å². The quantitative estimate of drug-likeness (QED) is 0.841. The molecule has 1 aromatic heterocycles. The number of hydrogen-bond acceptors (Lipinski definition) is 5. The molecular weight excluding hydrogens is 284 g/mol. The zero-order valence-corrected chi connectivity index (χ0v) is 12.9. The topological polar surface area (TPSA) is 60.2 Å². The van der Waals surface area contributed by atoms with Gasteiger partial charge in [0, 0.05) is 37.8 Å². The molecule has 2 aliphatic rings. The van der Waals surface area contributed by atoms with Gasteiger partial charge < -0.3 is 9.80 Å². The first-order valence-corrected chi connectivity index (χ1v) is 8.48. The fraction of sp³-hybridized carbons (Fsp3) is 0.667. The van der Waals surface area contributed by atoms with Gasteiger partial charge in [0.15, 0.2) is 5.13 Å². The molecule has 5 nitrogen and oxygen atoms in total. The van der Waals surface area contributed by atoms with Gasteiger partial charge >= 0.3 is 0 Å². The number of carbonyl (C=O) groups is 1. The molecule has 2 fully saturated rings. The van der Waals surface area contributed by atoms with Crippen LogP contribution in [0.5, 0.6) is 0 Å². The minimum absolute atomic E-state index is 0.0588. The van der Waals surface area contributed by atoms with Gasteiger partial charge in [0.05, 0.1) is 6.07 Å². The maximum Gasteiger partial charge on any atom is 0.243 e. The minimum Gasteiger partial charge on any atom is -0.346 e. The summed E-state index contributed by atoms with van der Waals surface area (Å²) in [5, 5.41) is 12.5. The Bertz CT molecular complexity index is 530. The Hall–Kier alpha value is -1.61. The van der Waals surface area contributed by atoms with E-state index in [1.165, 1.54) is 0 Å². The lowest BCUT2D eigenvalue weighted by Gasteiger charge is -2.28. The van der Waals surface area contributed by atoms with Crippen LogP contribution >= 0.6 is 11.3 Å². The maximum atomic E-state index is 12.8. The van der Waals surface area contributed by atoms with Crippen molar-refractivity contribution in [2.45, 2.75) is 32.1 Å². The van der Waals surface area contributed by atoms with E-state index in [0.29, 0.717) is 6.54 Å². The predicted octanol–water partition coefficient (Wildman–Crippen LogP) is 2.27. The van der Waals surface area contributed by atoms with E-state index in [-0.39, 0.29) is 5.91 Å². The van der Waals surface area contributed by atoms with E-state index in [0.717, 1.165) is 56.9 Å². The first-order chi connectivity index (χ1) is 10.2. The molecule has 21 heavy (non-hydrogen) atoms. The number of carbonyl (C=O) groups excluding carboxylic acids is 1. The zero-order chi connectivity index (χ0) is 14.7. The summed E-state index contributed by atoms with van der Waals surface area (Å²) in [7, 11) is 0. The maximum absolute atomic E-state index is 12.8. The van der Waals surface area contributed by atoms with Crippen molar-refractivity contribution in [1.29, 1.82) is 5.26 Å². The molecular formula is C15H20N4OS. The molecule has 0 spiro atoms. The Morgan fingerprint density at radius 1 is 1.24 bits per heavy atom. The molecule has 0 aromatic carbocycles. The third-order valence-electron chi connectivity index (χ3n) is 4.55. The highest BCUT2D eigenvalue weighted by Crippen LogP contribution is 2.39. The number of aromatic nitrogens is 1. The molecule has 0 N–H and O–H groups in total. The third-order valence-corrected chi connectivity index (χ3v) is 5.39. The van der Waals surface area contributed by atoms with Crippen LogP contribution in [0.25, 0.3) is 0 Å². The summed E-state index contributed by atoms with van der Waals surface area (Å²) in [4.78, 5) is 21.3. The average molecular weight is 304 g/mol. The highest BCUT2D eigenvalue weighted by atomic mass is 32.1. The van der Waals surface area contributed by atoms with Crippen LogP contribution in [-0.4, -0.2) is 42.0 Å². The number of nitrogens with zero attached hydrogens (tertiary/aromatic N) is 4. The number of amides is 1. The largest absolute Gasteiger partial charge is 0.346 e. The van der Waals surface area contributed by atoms with Gasteiger partial charge in [0.2, 0.25) is 5.91 Å². The van der Waals surface area contributed by atoms with Gasteiger partial charge in [0.25, 0.3) is 0 Å². The SMILES string of the molecule is N#CC1(C(=O)N2CCCN(c3nccs3)CC2)CCCC1. The summed E-state index contributed by atoms with van der Waals surface area (Å²) in [5.41, 5.74) is -0.740. The Kier molecular flexibility index (Phi) is 4.11. The lowest BCUT2D eigenvalue weighted by Crippen LogP contribution is -2.43. The van der Waals surface area contributed by atoms with E-state index in [2.05, 4.69) is 16.0 Å². The van der Waals surface area contributed by atoms with Crippen LogP contribution < -0.4 is 4.90 Å². The van der Waals surface area contributed by atoms with Gasteiger partial charge in [-0.2, -0.15) is 5.26 Å². The molecule has 1 amide bonds. The van der Waals surface area contributed by atoms with Crippen molar-refractivity contribution in [2.24, 2.45) is 5.41 Å². The van der Waals surface area contributed by atoms with Gasteiger partial charge in [-0.05, 0) is 19.3 Å². The second-order valence-corrected chi connectivity index (χ2v) is 6.72. The van der Waals surface area contributed by atoms with Crippen LogP contribution in [0.1, 0.15) is 32.1 Å². The normalized spacial score (nSPS) is 21.9. The molecule has 2 heterocycles. The van der Waals surface area contributed by atoms with E-state index in [1.807, 2.05) is 16.5 Å². The second-order valence-electron chi connectivity index (χ2n) is 5.85. The number of thiazole rings is 1. The first kappa shape index (κ1) is 14.3. The predicted molar refractivity (Wildman–Crippen MR) is 82.0 cm³/mol. The number of anilines is 1. The highest BCUT2D eigenvalue weighted by Gasteiger charge is 2.44. The van der Waals surface area contributed by atoms with Gasteiger partial charge in [-0.15, -0.1) is 11.3 Å². The van der Waals surface area contributed by atoms with Crippen molar-refractivity contribution in [2.75, 3.05) is 31.1 Å². The number of hydrogen-bond donors (Lipinski definition) is 0. The summed E-state index contributed by atoms with van der Waals surface area (Å²) in [6, 6.07) is 2.32. The van der Waals surface area contributed by atoms with Crippen LogP contribution in [0.15, 0.2) is 11.6 Å². The van der Waals surface area contributed by atoms with Crippen LogP contribution in [0.2, 0.25) is 0 Å². The van der Waals surface area contributed by atoms with Crippen LogP contribution in [0.3, 0.4) is 0 Å². The fourth-order valence-electron chi connectivity index (χ4n) is 3.34. The Balaban J connectivity index is 1.67. The second kappa shape index (κ2) is 6.02. The van der Waals surface area contributed by atoms with Crippen LogP contribution in [0, 0.1) is 16.7 Å². The molecule has 1 aliphatic carbocycles. The molecule has 6 heteroatoms. The van der Waals surface area contributed by atoms with Gasteiger partial charge in [-0.25, -0.2) is 4.98 Å². The monoisotopic (exact) mass is 304 g/mol. The summed E-state index contributed by atoms with van der Waals surface area (Å²) in [6.45, 7) is 3.18. The minimum atomic E-state index is -0.740. The molecule has 1 saturated heterocycles. The fourth-order valence-corrected chi connectivity index (χ4v) is 4.04. The standard InChI is InChI=1S/C15H20N4OS/c16-12-15(4-1-2-5-15)13(20)18-7-3-8-19(10-9-18)14-17-6-11-21-14/h6,11H,1-5,7-10H2. The van der Waals surface area contributed by atoms with E-state index >= 15 is 0 Å². The molecule has 0 radical (unpaired) electrons. The first-order valence-electron chi connectivity index (χ1n) is 7.60.